The summed E-state index contributed by atoms with van der Waals surface area (Å²) in [4.78, 5) is 27.5. The number of amides is 3. The first-order chi connectivity index (χ1) is 17.6. The number of likely N-dealkylation sites (tertiary alicyclic amines) is 1. The van der Waals surface area contributed by atoms with Crippen LogP contribution in [0, 0.1) is 12.7 Å². The third-order valence-corrected chi connectivity index (χ3v) is 6.34. The molecular weight excluding hydrogens is 523 g/mol. The van der Waals surface area contributed by atoms with Gasteiger partial charge in [0.2, 0.25) is 5.91 Å². The highest BCUT2D eigenvalue weighted by molar-refractivity contribution is 5.77. The maximum atomic E-state index is 13.7. The molecule has 1 fully saturated rings. The Morgan fingerprint density at radius 1 is 1.05 bits per heavy atom. The molecule has 1 aliphatic heterocycles. The average Bonchev–Trinajstić information content (AvgIpc) is 2.82. The van der Waals surface area contributed by atoms with Crippen LogP contribution < -0.4 is 5.32 Å². The van der Waals surface area contributed by atoms with E-state index in [1.165, 1.54) is 30.1 Å². The van der Waals surface area contributed by atoms with Crippen LogP contribution in [0.25, 0.3) is 0 Å². The van der Waals surface area contributed by atoms with Crippen LogP contribution in [0.3, 0.4) is 0 Å². The summed E-state index contributed by atoms with van der Waals surface area (Å²) in [7, 11) is 1.25. The molecule has 2 atom stereocenters. The number of carbonyl (C=O) groups is 2. The lowest BCUT2D eigenvalue weighted by Crippen LogP contribution is -2.51. The van der Waals surface area contributed by atoms with E-state index in [0.717, 1.165) is 4.90 Å². The fraction of sp³-hybridized carbons (Fsp3) is 0.440. The number of halogens is 7. The predicted octanol–water partition coefficient (Wildman–Crippen LogP) is 5.04. The number of benzene rings is 2. The minimum Gasteiger partial charge on any atom is -0.387 e. The number of alkyl halides is 6. The Hall–Kier alpha value is -3.35. The van der Waals surface area contributed by atoms with E-state index in [1.54, 1.807) is 6.92 Å². The molecule has 3 rings (SSSR count). The SMILES string of the molecule is Cc1cc(F)ccc1[C@@H]1C[C@H](NC(=O)CO)CCN1C(=O)N(C)Cc1cc(C(F)(F)F)cc(C(F)(F)F)c1. The first-order valence-electron chi connectivity index (χ1n) is 11.6. The maximum Gasteiger partial charge on any atom is 0.416 e. The van der Waals surface area contributed by atoms with Crippen molar-refractivity contribution in [3.63, 3.8) is 0 Å². The molecule has 38 heavy (non-hydrogen) atoms. The van der Waals surface area contributed by atoms with Crippen LogP contribution in [0.5, 0.6) is 0 Å². The first-order valence-corrected chi connectivity index (χ1v) is 11.6. The molecule has 0 aromatic heterocycles. The lowest BCUT2D eigenvalue weighted by Gasteiger charge is -2.42. The van der Waals surface area contributed by atoms with E-state index in [2.05, 4.69) is 5.32 Å². The number of carbonyl (C=O) groups excluding carboxylic acids is 2. The van der Waals surface area contributed by atoms with Crippen LogP contribution in [-0.2, 0) is 23.7 Å². The van der Waals surface area contributed by atoms with Crippen molar-refractivity contribution in [2.75, 3.05) is 20.2 Å². The Balaban J connectivity index is 1.90. The van der Waals surface area contributed by atoms with Gasteiger partial charge >= 0.3 is 18.4 Å². The summed E-state index contributed by atoms with van der Waals surface area (Å²) in [5.41, 5.74) is -2.25. The molecule has 2 aromatic carbocycles. The van der Waals surface area contributed by atoms with Crippen molar-refractivity contribution in [2.24, 2.45) is 0 Å². The van der Waals surface area contributed by atoms with E-state index in [0.29, 0.717) is 23.3 Å². The second kappa shape index (κ2) is 11.2. The number of aliphatic hydroxyl groups is 1. The summed E-state index contributed by atoms with van der Waals surface area (Å²) >= 11 is 0. The van der Waals surface area contributed by atoms with Crippen LogP contribution in [0.1, 0.15) is 46.7 Å². The third-order valence-electron chi connectivity index (χ3n) is 6.34. The fourth-order valence-electron chi connectivity index (χ4n) is 4.58. The topological polar surface area (TPSA) is 72.9 Å². The molecule has 0 saturated carbocycles. The van der Waals surface area contributed by atoms with Crippen molar-refractivity contribution in [3.8, 4) is 0 Å². The molecule has 13 heteroatoms. The van der Waals surface area contributed by atoms with Gasteiger partial charge in [-0.1, -0.05) is 6.07 Å². The van der Waals surface area contributed by atoms with Crippen LogP contribution in [0.2, 0.25) is 0 Å². The molecule has 6 nitrogen and oxygen atoms in total. The van der Waals surface area contributed by atoms with Gasteiger partial charge in [0.25, 0.3) is 0 Å². The molecule has 0 unspecified atom stereocenters. The number of rotatable bonds is 5. The monoisotopic (exact) mass is 549 g/mol. The van der Waals surface area contributed by atoms with Crippen LogP contribution >= 0.6 is 0 Å². The summed E-state index contributed by atoms with van der Waals surface area (Å²) in [5.74, 6) is -1.13. The lowest BCUT2D eigenvalue weighted by molar-refractivity contribution is -0.143. The van der Waals surface area contributed by atoms with Crippen molar-refractivity contribution in [2.45, 2.75) is 50.7 Å². The molecule has 0 radical (unpaired) electrons. The molecular formula is C25H26F7N3O3. The van der Waals surface area contributed by atoms with Crippen molar-refractivity contribution in [1.82, 2.24) is 15.1 Å². The van der Waals surface area contributed by atoms with E-state index < -0.39 is 66.5 Å². The molecule has 0 bridgehead atoms. The summed E-state index contributed by atoms with van der Waals surface area (Å²) in [6.45, 7) is 0.431. The lowest BCUT2D eigenvalue weighted by atomic mass is 9.89. The minimum atomic E-state index is -5.02. The highest BCUT2D eigenvalue weighted by Gasteiger charge is 2.38. The van der Waals surface area contributed by atoms with E-state index >= 15 is 0 Å². The van der Waals surface area contributed by atoms with Gasteiger partial charge in [-0.3, -0.25) is 4.79 Å². The summed E-state index contributed by atoms with van der Waals surface area (Å²) in [5, 5.41) is 11.7. The number of nitrogens with one attached hydrogen (secondary N) is 1. The number of nitrogens with zero attached hydrogens (tertiary/aromatic N) is 2. The maximum absolute atomic E-state index is 13.7. The minimum absolute atomic E-state index is 0.0180. The number of hydrogen-bond acceptors (Lipinski definition) is 3. The highest BCUT2D eigenvalue weighted by Crippen LogP contribution is 2.37. The molecule has 3 amide bonds. The zero-order valence-electron chi connectivity index (χ0n) is 20.5. The van der Waals surface area contributed by atoms with Gasteiger partial charge in [-0.2, -0.15) is 26.3 Å². The van der Waals surface area contributed by atoms with E-state index in [1.807, 2.05) is 0 Å². The second-order valence-electron chi connectivity index (χ2n) is 9.21. The largest absolute Gasteiger partial charge is 0.416 e. The zero-order valence-corrected chi connectivity index (χ0v) is 20.5. The molecule has 0 spiro atoms. The number of urea groups is 1. The third kappa shape index (κ3) is 6.94. The number of aliphatic hydroxyl groups excluding tert-OH is 1. The Kier molecular flexibility index (Phi) is 8.59. The number of hydrogen-bond donors (Lipinski definition) is 2. The number of aryl methyl sites for hydroxylation is 1. The van der Waals surface area contributed by atoms with Gasteiger partial charge in [0.1, 0.15) is 12.4 Å². The zero-order chi connectivity index (χ0) is 28.4. The highest BCUT2D eigenvalue weighted by atomic mass is 19.4. The molecule has 208 valence electrons. The van der Waals surface area contributed by atoms with Gasteiger partial charge in [-0.05, 0) is 66.8 Å². The fourth-order valence-corrected chi connectivity index (χ4v) is 4.58. The standard InChI is InChI=1S/C25H26F7N3O3/c1-14-7-18(26)3-4-20(14)21-11-19(33-22(37)13-36)5-6-35(21)23(38)34(2)12-15-8-16(24(27,28)29)10-17(9-15)25(30,31)32/h3-4,7-10,19,21,36H,5-6,11-13H2,1-2H3,(H,33,37)/t19-,21+/m1/s1. The van der Waals surface area contributed by atoms with Crippen molar-refractivity contribution in [3.05, 3.63) is 70.0 Å². The van der Waals surface area contributed by atoms with Crippen molar-refractivity contribution >= 4 is 11.9 Å². The van der Waals surface area contributed by atoms with Gasteiger partial charge in [0, 0.05) is 26.2 Å². The average molecular weight is 549 g/mol. The Morgan fingerprint density at radius 2 is 1.66 bits per heavy atom. The summed E-state index contributed by atoms with van der Waals surface area (Å²) in [6, 6.07) is 3.31. The van der Waals surface area contributed by atoms with Crippen LogP contribution in [0.15, 0.2) is 36.4 Å². The number of piperidine rings is 1. The molecule has 0 aliphatic carbocycles. The van der Waals surface area contributed by atoms with E-state index in [-0.39, 0.29) is 31.0 Å². The normalized spacial score (nSPS) is 18.3. The van der Waals surface area contributed by atoms with Crippen LogP contribution in [-0.4, -0.2) is 53.1 Å². The summed E-state index contributed by atoms with van der Waals surface area (Å²) in [6.07, 6.45) is -9.57. The molecule has 1 saturated heterocycles. The van der Waals surface area contributed by atoms with Gasteiger partial charge in [0.15, 0.2) is 0 Å². The van der Waals surface area contributed by atoms with Gasteiger partial charge < -0.3 is 20.2 Å². The Morgan fingerprint density at radius 3 is 2.18 bits per heavy atom. The molecule has 1 aliphatic rings. The predicted molar refractivity (Wildman–Crippen MR) is 122 cm³/mol. The second-order valence-corrected chi connectivity index (χ2v) is 9.21. The van der Waals surface area contributed by atoms with Gasteiger partial charge in [-0.25, -0.2) is 9.18 Å². The van der Waals surface area contributed by atoms with Gasteiger partial charge in [-0.15, -0.1) is 0 Å². The van der Waals surface area contributed by atoms with Crippen molar-refractivity contribution < 1.29 is 45.4 Å². The van der Waals surface area contributed by atoms with Gasteiger partial charge in [0.05, 0.1) is 17.2 Å². The van der Waals surface area contributed by atoms with E-state index in [9.17, 15) is 40.3 Å². The van der Waals surface area contributed by atoms with Crippen LogP contribution in [0.4, 0.5) is 35.5 Å². The van der Waals surface area contributed by atoms with Crippen molar-refractivity contribution in [1.29, 1.82) is 0 Å². The van der Waals surface area contributed by atoms with E-state index in [4.69, 9.17) is 5.11 Å². The first kappa shape index (κ1) is 29.2. The molecule has 1 heterocycles. The smallest absolute Gasteiger partial charge is 0.387 e. The Bertz CT molecular complexity index is 1150. The Labute approximate surface area is 214 Å². The molecule has 2 N–H and O–H groups in total. The quantitative estimate of drug-likeness (QED) is 0.514. The summed E-state index contributed by atoms with van der Waals surface area (Å²) < 4.78 is 93.2. The molecule has 2 aromatic rings.